The average Bonchev–Trinajstić information content (AvgIpc) is 3.11. The molecule has 0 spiro atoms. The van der Waals surface area contributed by atoms with Crippen molar-refractivity contribution in [3.63, 3.8) is 0 Å². The van der Waals surface area contributed by atoms with Crippen LogP contribution in [0.3, 0.4) is 0 Å². The summed E-state index contributed by atoms with van der Waals surface area (Å²) in [5.41, 5.74) is -3.33. The molecule has 1 amide bonds. The van der Waals surface area contributed by atoms with Crippen molar-refractivity contribution in [1.29, 1.82) is 0 Å². The second-order valence-corrected chi connectivity index (χ2v) is 9.76. The highest BCUT2D eigenvalue weighted by Gasteiger charge is 2.39. The summed E-state index contributed by atoms with van der Waals surface area (Å²) in [6.45, 7) is 2.41. The van der Waals surface area contributed by atoms with Crippen molar-refractivity contribution in [3.05, 3.63) is 29.3 Å². The highest BCUT2D eigenvalue weighted by molar-refractivity contribution is 7.89. The summed E-state index contributed by atoms with van der Waals surface area (Å²) in [5.74, 6) is 0.111. The summed E-state index contributed by atoms with van der Waals surface area (Å²) in [6.07, 6.45) is -8.17. The zero-order chi connectivity index (χ0) is 23.7. The van der Waals surface area contributed by atoms with Crippen molar-refractivity contribution < 1.29 is 39.6 Å². The molecule has 6 nitrogen and oxygen atoms in total. The maximum absolute atomic E-state index is 13.1. The Morgan fingerprint density at radius 2 is 1.38 bits per heavy atom. The van der Waals surface area contributed by atoms with Gasteiger partial charge >= 0.3 is 12.4 Å². The number of carbonyl (C=O) groups is 1. The second kappa shape index (κ2) is 9.18. The first kappa shape index (κ1) is 24.8. The quantitative estimate of drug-likeness (QED) is 0.579. The maximum atomic E-state index is 13.1. The number of hydrogen-bond acceptors (Lipinski definition) is 4. The number of benzene rings is 1. The van der Waals surface area contributed by atoms with Gasteiger partial charge in [0.2, 0.25) is 15.9 Å². The molecule has 2 heterocycles. The van der Waals surface area contributed by atoms with Crippen molar-refractivity contribution in [3.8, 4) is 0 Å². The van der Waals surface area contributed by atoms with E-state index in [2.05, 4.69) is 0 Å². The molecule has 0 N–H and O–H groups in total. The molecular weight excluding hydrogens is 464 g/mol. The van der Waals surface area contributed by atoms with Crippen LogP contribution in [-0.2, 0) is 27.2 Å². The summed E-state index contributed by atoms with van der Waals surface area (Å²) >= 11 is 0. The normalized spacial score (nSPS) is 19.7. The molecule has 2 aliphatic heterocycles. The predicted molar refractivity (Wildman–Crippen MR) is 102 cm³/mol. The molecule has 13 heteroatoms. The largest absolute Gasteiger partial charge is 0.416 e. The molecule has 0 bridgehead atoms. The van der Waals surface area contributed by atoms with Crippen LogP contribution in [-0.4, -0.2) is 74.2 Å². The maximum Gasteiger partial charge on any atom is 0.416 e. The van der Waals surface area contributed by atoms with E-state index in [1.165, 1.54) is 0 Å². The van der Waals surface area contributed by atoms with Gasteiger partial charge in [0.1, 0.15) is 0 Å². The molecule has 1 aromatic carbocycles. The molecule has 2 saturated heterocycles. The van der Waals surface area contributed by atoms with E-state index in [1.807, 2.05) is 4.90 Å². The summed E-state index contributed by atoms with van der Waals surface area (Å²) in [7, 11) is -4.54. The van der Waals surface area contributed by atoms with Gasteiger partial charge in [0.15, 0.2) is 0 Å². The molecule has 1 aromatic rings. The topological polar surface area (TPSA) is 60.9 Å². The van der Waals surface area contributed by atoms with Crippen molar-refractivity contribution in [2.24, 2.45) is 0 Å². The number of halogens is 6. The second-order valence-electron chi connectivity index (χ2n) is 7.83. The smallest absolute Gasteiger partial charge is 0.343 e. The van der Waals surface area contributed by atoms with Crippen molar-refractivity contribution in [1.82, 2.24) is 14.1 Å². The van der Waals surface area contributed by atoms with Gasteiger partial charge in [-0.3, -0.25) is 4.79 Å². The minimum Gasteiger partial charge on any atom is -0.343 e. The van der Waals surface area contributed by atoms with Gasteiger partial charge in [0.25, 0.3) is 0 Å². The molecule has 180 valence electrons. The van der Waals surface area contributed by atoms with E-state index in [4.69, 9.17) is 0 Å². The first-order valence-electron chi connectivity index (χ1n) is 10.1. The Kier molecular flexibility index (Phi) is 7.11. The summed E-state index contributed by atoms with van der Waals surface area (Å²) in [5, 5.41) is 0. The number of nitrogens with zero attached hydrogens (tertiary/aromatic N) is 3. The first-order valence-corrected chi connectivity index (χ1v) is 11.5. The number of likely N-dealkylation sites (tertiary alicyclic amines) is 1. The average molecular weight is 487 g/mol. The number of hydrogen-bond donors (Lipinski definition) is 0. The molecule has 0 atom stereocenters. The number of sulfonamides is 1. The van der Waals surface area contributed by atoms with E-state index in [9.17, 15) is 39.6 Å². The van der Waals surface area contributed by atoms with Gasteiger partial charge in [-0.1, -0.05) is 0 Å². The Hall–Kier alpha value is -1.86. The molecule has 3 rings (SSSR count). The Labute approximate surface area is 181 Å². The Morgan fingerprint density at radius 3 is 1.84 bits per heavy atom. The van der Waals surface area contributed by atoms with Gasteiger partial charge in [-0.25, -0.2) is 8.42 Å². The summed E-state index contributed by atoms with van der Waals surface area (Å²) < 4.78 is 105. The molecule has 0 aromatic heterocycles. The third kappa shape index (κ3) is 5.73. The standard InChI is InChI=1S/C19H23F6N3O3S/c20-18(21,22)14-11-15(19(23,24)25)13-16(12-14)32(30,31)28-9-7-26(8-10-28)4-2-6-27-5-1-3-17(27)29/h11-13H,1-10H2. The van der Waals surface area contributed by atoms with E-state index in [1.54, 1.807) is 4.90 Å². The minimum atomic E-state index is -5.12. The highest BCUT2D eigenvalue weighted by atomic mass is 32.2. The molecule has 0 radical (unpaired) electrons. The van der Waals surface area contributed by atoms with E-state index >= 15 is 0 Å². The lowest BCUT2D eigenvalue weighted by Gasteiger charge is -2.34. The predicted octanol–water partition coefficient (Wildman–Crippen LogP) is 3.04. The fourth-order valence-electron chi connectivity index (χ4n) is 3.84. The van der Waals surface area contributed by atoms with E-state index in [-0.39, 0.29) is 50.3 Å². The summed E-state index contributed by atoms with van der Waals surface area (Å²) in [6, 6.07) is 0.385. The van der Waals surface area contributed by atoms with Gasteiger partial charge in [-0.2, -0.15) is 30.6 Å². The Bertz CT molecular complexity index is 908. The van der Waals surface area contributed by atoms with Crippen LogP contribution >= 0.6 is 0 Å². The lowest BCUT2D eigenvalue weighted by Crippen LogP contribution is -2.49. The molecule has 0 saturated carbocycles. The van der Waals surface area contributed by atoms with Crippen molar-refractivity contribution >= 4 is 15.9 Å². The third-order valence-electron chi connectivity index (χ3n) is 5.60. The molecule has 2 fully saturated rings. The van der Waals surface area contributed by atoms with E-state index < -0.39 is 38.4 Å². The Balaban J connectivity index is 1.66. The van der Waals surface area contributed by atoms with Crippen molar-refractivity contribution in [2.75, 3.05) is 45.8 Å². The number of carbonyl (C=O) groups excluding carboxylic acids is 1. The number of alkyl halides is 6. The Morgan fingerprint density at radius 1 is 0.812 bits per heavy atom. The molecular formula is C19H23F6N3O3S. The third-order valence-corrected chi connectivity index (χ3v) is 7.48. The van der Waals surface area contributed by atoms with Gasteiger partial charge in [0, 0.05) is 45.7 Å². The lowest BCUT2D eigenvalue weighted by molar-refractivity contribution is -0.143. The van der Waals surface area contributed by atoms with Gasteiger partial charge < -0.3 is 9.80 Å². The number of rotatable bonds is 6. The monoisotopic (exact) mass is 487 g/mol. The number of amides is 1. The van der Waals surface area contributed by atoms with Gasteiger partial charge in [0.05, 0.1) is 16.0 Å². The zero-order valence-electron chi connectivity index (χ0n) is 17.0. The van der Waals surface area contributed by atoms with Gasteiger partial charge in [-0.05, 0) is 37.6 Å². The summed E-state index contributed by atoms with van der Waals surface area (Å²) in [4.78, 5) is 14.3. The SMILES string of the molecule is O=C1CCCN1CCCN1CCN(S(=O)(=O)c2cc(C(F)(F)F)cc(C(F)(F)F)c2)CC1. The number of piperazine rings is 1. The van der Waals surface area contributed by atoms with Crippen LogP contribution in [0, 0.1) is 0 Å². The van der Waals surface area contributed by atoms with Crippen LogP contribution in [0.5, 0.6) is 0 Å². The van der Waals surface area contributed by atoms with E-state index in [0.29, 0.717) is 25.9 Å². The van der Waals surface area contributed by atoms with Crippen LogP contribution < -0.4 is 0 Å². The van der Waals surface area contributed by atoms with Crippen molar-refractivity contribution in [2.45, 2.75) is 36.5 Å². The van der Waals surface area contributed by atoms with Crippen LogP contribution in [0.15, 0.2) is 23.1 Å². The first-order chi connectivity index (χ1) is 14.8. The zero-order valence-corrected chi connectivity index (χ0v) is 17.9. The van der Waals surface area contributed by atoms with Gasteiger partial charge in [-0.15, -0.1) is 0 Å². The molecule has 2 aliphatic rings. The van der Waals surface area contributed by atoms with Crippen LogP contribution in [0.1, 0.15) is 30.4 Å². The molecule has 0 aliphatic carbocycles. The molecule has 32 heavy (non-hydrogen) atoms. The fourth-order valence-corrected chi connectivity index (χ4v) is 5.34. The van der Waals surface area contributed by atoms with Crippen LogP contribution in [0.2, 0.25) is 0 Å². The lowest BCUT2D eigenvalue weighted by atomic mass is 10.1. The highest BCUT2D eigenvalue weighted by Crippen LogP contribution is 2.37. The van der Waals surface area contributed by atoms with Crippen LogP contribution in [0.25, 0.3) is 0 Å². The fraction of sp³-hybridized carbons (Fsp3) is 0.632. The minimum absolute atomic E-state index is 0.0530. The van der Waals surface area contributed by atoms with E-state index in [0.717, 1.165) is 17.3 Å². The van der Waals surface area contributed by atoms with Crippen LogP contribution in [0.4, 0.5) is 26.3 Å². The molecule has 0 unspecified atom stereocenters.